The van der Waals surface area contributed by atoms with Crippen molar-refractivity contribution >= 4 is 15.9 Å². The average molecular weight is 317 g/mol. The van der Waals surface area contributed by atoms with Crippen molar-refractivity contribution in [2.24, 2.45) is 11.8 Å². The Balaban J connectivity index is 2.25. The van der Waals surface area contributed by atoms with Crippen LogP contribution < -0.4 is 0 Å². The fourth-order valence-electron chi connectivity index (χ4n) is 2.76. The van der Waals surface area contributed by atoms with Gasteiger partial charge in [-0.1, -0.05) is 13.0 Å². The summed E-state index contributed by atoms with van der Waals surface area (Å²) in [6.07, 6.45) is -0.478. The number of hydrogen-bond acceptors (Lipinski definition) is 2. The second-order valence-corrected chi connectivity index (χ2v) is 5.96. The number of aliphatic hydroxyl groups is 1. The number of benzene rings is 1. The molecule has 4 heteroatoms. The molecular weight excluding hydrogens is 299 g/mol. The average Bonchev–Trinajstić information content (AvgIpc) is 2.56. The minimum absolute atomic E-state index is 0.00817. The van der Waals surface area contributed by atoms with Crippen LogP contribution in [-0.4, -0.2) is 17.3 Å². The lowest BCUT2D eigenvalue weighted by atomic mass is 9.82. The SMILES string of the molecule is CC1OC(C)C(C(O)c2ccc(F)c(Br)c2)C1C. The molecule has 1 N–H and O–H groups in total. The predicted octanol–water partition coefficient (Wildman–Crippen LogP) is 3.68. The van der Waals surface area contributed by atoms with Crippen molar-refractivity contribution in [2.45, 2.75) is 39.1 Å². The molecule has 100 valence electrons. The van der Waals surface area contributed by atoms with Crippen molar-refractivity contribution in [1.82, 2.24) is 0 Å². The number of rotatable bonds is 2. The molecule has 2 nitrogen and oxygen atoms in total. The third-order valence-corrected chi connectivity index (χ3v) is 4.58. The van der Waals surface area contributed by atoms with Crippen molar-refractivity contribution in [3.63, 3.8) is 0 Å². The molecule has 0 aliphatic carbocycles. The molecular formula is C14H18BrFO2. The van der Waals surface area contributed by atoms with Gasteiger partial charge in [-0.3, -0.25) is 0 Å². The van der Waals surface area contributed by atoms with Crippen LogP contribution in [0.3, 0.4) is 0 Å². The molecule has 1 aromatic rings. The van der Waals surface area contributed by atoms with E-state index in [1.165, 1.54) is 6.07 Å². The van der Waals surface area contributed by atoms with Gasteiger partial charge in [-0.05, 0) is 53.4 Å². The molecule has 5 atom stereocenters. The molecule has 0 bridgehead atoms. The summed E-state index contributed by atoms with van der Waals surface area (Å²) < 4.78 is 19.3. The van der Waals surface area contributed by atoms with Crippen molar-refractivity contribution in [3.8, 4) is 0 Å². The van der Waals surface area contributed by atoms with Gasteiger partial charge in [0.25, 0.3) is 0 Å². The number of halogens is 2. The summed E-state index contributed by atoms with van der Waals surface area (Å²) >= 11 is 3.15. The second-order valence-electron chi connectivity index (χ2n) is 5.10. The van der Waals surface area contributed by atoms with Crippen molar-refractivity contribution in [3.05, 3.63) is 34.1 Å². The monoisotopic (exact) mass is 316 g/mol. The highest BCUT2D eigenvalue weighted by Gasteiger charge is 2.41. The van der Waals surface area contributed by atoms with Gasteiger partial charge in [-0.15, -0.1) is 0 Å². The zero-order valence-electron chi connectivity index (χ0n) is 10.7. The largest absolute Gasteiger partial charge is 0.388 e. The Morgan fingerprint density at radius 1 is 1.28 bits per heavy atom. The first kappa shape index (κ1) is 14.0. The Morgan fingerprint density at radius 2 is 1.94 bits per heavy atom. The van der Waals surface area contributed by atoms with E-state index >= 15 is 0 Å². The predicted molar refractivity (Wildman–Crippen MR) is 71.7 cm³/mol. The van der Waals surface area contributed by atoms with Crippen molar-refractivity contribution in [1.29, 1.82) is 0 Å². The van der Waals surface area contributed by atoms with Gasteiger partial charge in [0.1, 0.15) is 5.82 Å². The summed E-state index contributed by atoms with van der Waals surface area (Å²) in [5.74, 6) is -0.000670. The van der Waals surface area contributed by atoms with Gasteiger partial charge in [0.15, 0.2) is 0 Å². The molecule has 1 heterocycles. The molecule has 1 fully saturated rings. The molecule has 18 heavy (non-hydrogen) atoms. The molecule has 0 amide bonds. The zero-order chi connectivity index (χ0) is 13.4. The van der Waals surface area contributed by atoms with Gasteiger partial charge >= 0.3 is 0 Å². The lowest BCUT2D eigenvalue weighted by Crippen LogP contribution is -2.25. The van der Waals surface area contributed by atoms with E-state index in [2.05, 4.69) is 22.9 Å². The molecule has 0 radical (unpaired) electrons. The fourth-order valence-corrected chi connectivity index (χ4v) is 3.15. The van der Waals surface area contributed by atoms with Gasteiger partial charge in [-0.25, -0.2) is 4.39 Å². The standard InChI is InChI=1S/C14H18BrFO2/c1-7-8(2)18-9(3)13(7)14(17)10-4-5-12(16)11(15)6-10/h4-9,13-14,17H,1-3H3. The third kappa shape index (κ3) is 2.46. The highest BCUT2D eigenvalue weighted by molar-refractivity contribution is 9.10. The van der Waals surface area contributed by atoms with Gasteiger partial charge in [0.05, 0.1) is 22.8 Å². The van der Waals surface area contributed by atoms with E-state index < -0.39 is 6.10 Å². The van der Waals surface area contributed by atoms with E-state index in [9.17, 15) is 9.50 Å². The topological polar surface area (TPSA) is 29.5 Å². The number of hydrogen-bond donors (Lipinski definition) is 1. The summed E-state index contributed by atoms with van der Waals surface area (Å²) in [4.78, 5) is 0. The van der Waals surface area contributed by atoms with E-state index in [1.807, 2.05) is 13.8 Å². The molecule has 2 rings (SSSR count). The first-order valence-corrected chi connectivity index (χ1v) is 6.99. The Labute approximate surface area is 115 Å². The lowest BCUT2D eigenvalue weighted by Gasteiger charge is -2.25. The minimum atomic E-state index is -0.628. The minimum Gasteiger partial charge on any atom is -0.388 e. The van der Waals surface area contributed by atoms with E-state index in [0.29, 0.717) is 4.47 Å². The summed E-state index contributed by atoms with van der Waals surface area (Å²) in [5.41, 5.74) is 0.727. The number of aliphatic hydroxyl groups excluding tert-OH is 1. The van der Waals surface area contributed by atoms with Crippen LogP contribution in [0.2, 0.25) is 0 Å². The number of ether oxygens (including phenoxy) is 1. The fraction of sp³-hybridized carbons (Fsp3) is 0.571. The van der Waals surface area contributed by atoms with Gasteiger partial charge in [0.2, 0.25) is 0 Å². The lowest BCUT2D eigenvalue weighted by molar-refractivity contribution is 0.0231. The molecule has 1 aliphatic heterocycles. The van der Waals surface area contributed by atoms with E-state index in [4.69, 9.17) is 4.74 Å². The quantitative estimate of drug-likeness (QED) is 0.901. The van der Waals surface area contributed by atoms with Gasteiger partial charge in [0, 0.05) is 5.92 Å². The summed E-state index contributed by atoms with van der Waals surface area (Å²) in [5, 5.41) is 10.5. The second kappa shape index (κ2) is 5.27. The highest BCUT2D eigenvalue weighted by Crippen LogP contribution is 2.40. The molecule has 1 aromatic carbocycles. The first-order valence-electron chi connectivity index (χ1n) is 6.20. The van der Waals surface area contributed by atoms with Crippen molar-refractivity contribution < 1.29 is 14.2 Å². The Bertz CT molecular complexity index is 438. The molecule has 0 aromatic heterocycles. The zero-order valence-corrected chi connectivity index (χ0v) is 12.3. The van der Waals surface area contributed by atoms with Crippen LogP contribution in [-0.2, 0) is 4.74 Å². The van der Waals surface area contributed by atoms with Crippen molar-refractivity contribution in [2.75, 3.05) is 0 Å². The maximum atomic E-state index is 13.2. The summed E-state index contributed by atoms with van der Waals surface area (Å²) in [6.45, 7) is 6.08. The maximum Gasteiger partial charge on any atom is 0.137 e. The highest BCUT2D eigenvalue weighted by atomic mass is 79.9. The van der Waals surface area contributed by atoms with E-state index in [0.717, 1.165) is 5.56 Å². The normalized spacial score (nSPS) is 33.7. The van der Waals surface area contributed by atoms with Crippen LogP contribution in [0, 0.1) is 17.7 Å². The Kier molecular flexibility index (Phi) is 4.09. The smallest absolute Gasteiger partial charge is 0.137 e. The molecule has 1 aliphatic rings. The van der Waals surface area contributed by atoms with Crippen LogP contribution >= 0.6 is 15.9 Å². The van der Waals surface area contributed by atoms with Gasteiger partial charge in [-0.2, -0.15) is 0 Å². The van der Waals surface area contributed by atoms with Crippen LogP contribution in [0.25, 0.3) is 0 Å². The van der Waals surface area contributed by atoms with Crippen LogP contribution in [0.5, 0.6) is 0 Å². The maximum absolute atomic E-state index is 13.2. The third-order valence-electron chi connectivity index (χ3n) is 3.97. The Morgan fingerprint density at radius 3 is 2.44 bits per heavy atom. The van der Waals surface area contributed by atoms with Crippen LogP contribution in [0.1, 0.15) is 32.4 Å². The van der Waals surface area contributed by atoms with E-state index in [-0.39, 0.29) is 29.9 Å². The van der Waals surface area contributed by atoms with Crippen LogP contribution in [0.4, 0.5) is 4.39 Å². The molecule has 1 saturated heterocycles. The Hall–Kier alpha value is -0.450. The first-order chi connectivity index (χ1) is 8.41. The molecule has 0 spiro atoms. The van der Waals surface area contributed by atoms with Gasteiger partial charge < -0.3 is 9.84 Å². The molecule has 5 unspecified atom stereocenters. The van der Waals surface area contributed by atoms with E-state index in [1.54, 1.807) is 12.1 Å². The van der Waals surface area contributed by atoms with Crippen LogP contribution in [0.15, 0.2) is 22.7 Å². The summed E-state index contributed by atoms with van der Waals surface area (Å²) in [6, 6.07) is 4.65. The molecule has 0 saturated carbocycles. The summed E-state index contributed by atoms with van der Waals surface area (Å²) in [7, 11) is 0.